The lowest BCUT2D eigenvalue weighted by Gasteiger charge is -2.06. The summed E-state index contributed by atoms with van der Waals surface area (Å²) in [5, 5.41) is 11.6. The second-order valence-corrected chi connectivity index (χ2v) is 4.21. The van der Waals surface area contributed by atoms with E-state index in [1.165, 1.54) is 12.1 Å². The van der Waals surface area contributed by atoms with Gasteiger partial charge in [0.05, 0.1) is 5.56 Å². The molecule has 4 nitrogen and oxygen atoms in total. The summed E-state index contributed by atoms with van der Waals surface area (Å²) in [6.45, 7) is 1.93. The van der Waals surface area contributed by atoms with Gasteiger partial charge in [0.15, 0.2) is 0 Å². The van der Waals surface area contributed by atoms with Crippen LogP contribution in [0.5, 0.6) is 0 Å². The fraction of sp³-hybridized carbons (Fsp3) is 0.0667. The van der Waals surface area contributed by atoms with Crippen molar-refractivity contribution in [3.8, 4) is 0 Å². The molecule has 0 heterocycles. The molecule has 0 aliphatic heterocycles. The zero-order chi connectivity index (χ0) is 13.8. The van der Waals surface area contributed by atoms with Crippen molar-refractivity contribution >= 4 is 17.6 Å². The van der Waals surface area contributed by atoms with E-state index < -0.39 is 5.97 Å². The number of hydrogen-bond donors (Lipinski definition) is 2. The van der Waals surface area contributed by atoms with Crippen LogP contribution in [0.1, 0.15) is 26.3 Å². The lowest BCUT2D eigenvalue weighted by Crippen LogP contribution is -2.12. The van der Waals surface area contributed by atoms with E-state index in [-0.39, 0.29) is 11.5 Å². The Bertz CT molecular complexity index is 635. The zero-order valence-electron chi connectivity index (χ0n) is 10.4. The van der Waals surface area contributed by atoms with E-state index in [0.29, 0.717) is 11.3 Å². The quantitative estimate of drug-likeness (QED) is 0.886. The van der Waals surface area contributed by atoms with Crippen LogP contribution >= 0.6 is 0 Å². The molecule has 2 rings (SSSR count). The third-order valence-electron chi connectivity index (χ3n) is 2.65. The molecule has 1 amide bonds. The van der Waals surface area contributed by atoms with E-state index in [1.54, 1.807) is 18.2 Å². The van der Waals surface area contributed by atoms with Gasteiger partial charge in [0.2, 0.25) is 0 Å². The van der Waals surface area contributed by atoms with Crippen LogP contribution < -0.4 is 5.32 Å². The molecule has 2 aromatic rings. The number of nitrogens with one attached hydrogen (secondary N) is 1. The summed E-state index contributed by atoms with van der Waals surface area (Å²) in [5.74, 6) is -1.38. The number of carboxylic acids is 1. The summed E-state index contributed by atoms with van der Waals surface area (Å²) in [4.78, 5) is 22.8. The van der Waals surface area contributed by atoms with E-state index >= 15 is 0 Å². The van der Waals surface area contributed by atoms with Gasteiger partial charge in [-0.1, -0.05) is 18.2 Å². The van der Waals surface area contributed by atoms with Gasteiger partial charge >= 0.3 is 5.97 Å². The molecule has 0 radical (unpaired) electrons. The lowest BCUT2D eigenvalue weighted by molar-refractivity contribution is 0.0697. The minimum absolute atomic E-state index is 0.0943. The number of carbonyl (C=O) groups is 2. The highest BCUT2D eigenvalue weighted by molar-refractivity contribution is 6.05. The molecule has 0 bridgehead atoms. The molecule has 0 spiro atoms. The average Bonchev–Trinajstić information content (AvgIpc) is 2.39. The van der Waals surface area contributed by atoms with Gasteiger partial charge in [-0.15, -0.1) is 0 Å². The van der Waals surface area contributed by atoms with Crippen molar-refractivity contribution in [1.29, 1.82) is 0 Å². The van der Waals surface area contributed by atoms with Gasteiger partial charge in [-0.3, -0.25) is 4.79 Å². The maximum atomic E-state index is 12.0. The first kappa shape index (κ1) is 12.8. The van der Waals surface area contributed by atoms with E-state index in [4.69, 9.17) is 5.11 Å². The molecule has 0 saturated carbocycles. The zero-order valence-corrected chi connectivity index (χ0v) is 10.4. The van der Waals surface area contributed by atoms with Crippen LogP contribution in [0.15, 0.2) is 48.5 Å². The summed E-state index contributed by atoms with van der Waals surface area (Å²) in [7, 11) is 0. The van der Waals surface area contributed by atoms with Crippen molar-refractivity contribution in [3.05, 3.63) is 65.2 Å². The molecule has 0 aliphatic rings. The summed E-state index contributed by atoms with van der Waals surface area (Å²) in [6.07, 6.45) is 0. The van der Waals surface area contributed by atoms with Gasteiger partial charge in [0, 0.05) is 11.3 Å². The number of anilines is 1. The Balaban J connectivity index is 2.20. The largest absolute Gasteiger partial charge is 0.478 e. The Kier molecular flexibility index (Phi) is 3.61. The molecule has 0 aromatic heterocycles. The van der Waals surface area contributed by atoms with Crippen LogP contribution in [0, 0.1) is 6.92 Å². The second kappa shape index (κ2) is 5.35. The topological polar surface area (TPSA) is 66.4 Å². The number of benzene rings is 2. The first-order valence-corrected chi connectivity index (χ1v) is 5.77. The number of amides is 1. The van der Waals surface area contributed by atoms with Crippen molar-refractivity contribution in [2.75, 3.05) is 5.32 Å². The minimum atomic E-state index is -1.05. The fourth-order valence-corrected chi connectivity index (χ4v) is 1.72. The number of aromatic carboxylic acids is 1. The minimum Gasteiger partial charge on any atom is -0.478 e. The molecular weight excluding hydrogens is 242 g/mol. The normalized spacial score (nSPS) is 9.95. The summed E-state index contributed by atoms with van der Waals surface area (Å²) in [6, 6.07) is 13.3. The van der Waals surface area contributed by atoms with Crippen molar-refractivity contribution in [1.82, 2.24) is 0 Å². The van der Waals surface area contributed by atoms with Gasteiger partial charge in [-0.2, -0.15) is 0 Å². The number of aryl methyl sites for hydroxylation is 1. The second-order valence-electron chi connectivity index (χ2n) is 4.21. The van der Waals surface area contributed by atoms with Crippen LogP contribution in [-0.2, 0) is 0 Å². The Hall–Kier alpha value is -2.62. The van der Waals surface area contributed by atoms with Crippen LogP contribution in [0.4, 0.5) is 5.69 Å². The number of carboxylic acid groups (broad SMARTS) is 1. The SMILES string of the molecule is Cc1cccc(NC(=O)c2cccc(C(=O)O)c2)c1. The average molecular weight is 255 g/mol. The van der Waals surface area contributed by atoms with Crippen molar-refractivity contribution in [2.24, 2.45) is 0 Å². The van der Waals surface area contributed by atoms with Gasteiger partial charge in [0.25, 0.3) is 5.91 Å². The smallest absolute Gasteiger partial charge is 0.335 e. The standard InChI is InChI=1S/C15H13NO3/c1-10-4-2-7-13(8-10)16-14(17)11-5-3-6-12(9-11)15(18)19/h2-9H,1H3,(H,16,17)(H,18,19). The highest BCUT2D eigenvalue weighted by Crippen LogP contribution is 2.12. The molecule has 0 unspecified atom stereocenters. The molecular formula is C15H13NO3. The van der Waals surface area contributed by atoms with Gasteiger partial charge in [0.1, 0.15) is 0 Å². The number of rotatable bonds is 3. The van der Waals surface area contributed by atoms with Crippen molar-refractivity contribution in [3.63, 3.8) is 0 Å². The fourth-order valence-electron chi connectivity index (χ4n) is 1.72. The van der Waals surface area contributed by atoms with Gasteiger partial charge < -0.3 is 10.4 Å². The monoisotopic (exact) mass is 255 g/mol. The summed E-state index contributed by atoms with van der Waals surface area (Å²) >= 11 is 0. The lowest BCUT2D eigenvalue weighted by atomic mass is 10.1. The Labute approximate surface area is 110 Å². The molecule has 0 atom stereocenters. The molecule has 2 aromatic carbocycles. The first-order valence-electron chi connectivity index (χ1n) is 5.77. The highest BCUT2D eigenvalue weighted by Gasteiger charge is 2.09. The Morgan fingerprint density at radius 1 is 1.00 bits per heavy atom. The predicted octanol–water partition coefficient (Wildman–Crippen LogP) is 2.95. The predicted molar refractivity (Wildman–Crippen MR) is 72.5 cm³/mol. The van der Waals surface area contributed by atoms with Gasteiger partial charge in [-0.05, 0) is 42.8 Å². The highest BCUT2D eigenvalue weighted by atomic mass is 16.4. The third-order valence-corrected chi connectivity index (χ3v) is 2.65. The van der Waals surface area contributed by atoms with Crippen LogP contribution in [0.25, 0.3) is 0 Å². The Morgan fingerprint density at radius 3 is 2.37 bits per heavy atom. The molecule has 2 N–H and O–H groups in total. The van der Waals surface area contributed by atoms with Crippen molar-refractivity contribution < 1.29 is 14.7 Å². The molecule has 4 heteroatoms. The number of hydrogen-bond acceptors (Lipinski definition) is 2. The van der Waals surface area contributed by atoms with Crippen LogP contribution in [0.2, 0.25) is 0 Å². The Morgan fingerprint density at radius 2 is 1.68 bits per heavy atom. The third kappa shape index (κ3) is 3.19. The molecule has 0 saturated heterocycles. The first-order chi connectivity index (χ1) is 9.06. The molecule has 0 aliphatic carbocycles. The summed E-state index contributed by atoms with van der Waals surface area (Å²) in [5.41, 5.74) is 2.14. The van der Waals surface area contributed by atoms with Crippen LogP contribution in [0.3, 0.4) is 0 Å². The van der Waals surface area contributed by atoms with E-state index in [2.05, 4.69) is 5.32 Å². The molecule has 19 heavy (non-hydrogen) atoms. The maximum absolute atomic E-state index is 12.0. The maximum Gasteiger partial charge on any atom is 0.335 e. The number of carbonyl (C=O) groups excluding carboxylic acids is 1. The molecule has 96 valence electrons. The van der Waals surface area contributed by atoms with Crippen LogP contribution in [-0.4, -0.2) is 17.0 Å². The van der Waals surface area contributed by atoms with E-state index in [0.717, 1.165) is 5.56 Å². The van der Waals surface area contributed by atoms with Crippen molar-refractivity contribution in [2.45, 2.75) is 6.92 Å². The van der Waals surface area contributed by atoms with Gasteiger partial charge in [-0.25, -0.2) is 4.79 Å². The van der Waals surface area contributed by atoms with E-state index in [1.807, 2.05) is 25.1 Å². The van der Waals surface area contributed by atoms with E-state index in [9.17, 15) is 9.59 Å². The molecule has 0 fully saturated rings. The summed E-state index contributed by atoms with van der Waals surface area (Å²) < 4.78 is 0.